The van der Waals surface area contributed by atoms with E-state index in [2.05, 4.69) is 10.4 Å². The van der Waals surface area contributed by atoms with Crippen molar-refractivity contribution in [3.8, 4) is 5.75 Å². The molecule has 140 valence electrons. The summed E-state index contributed by atoms with van der Waals surface area (Å²) in [5, 5.41) is 17.5. The molecule has 1 unspecified atom stereocenters. The number of nitrogens with zero attached hydrogens (tertiary/aromatic N) is 2. The van der Waals surface area contributed by atoms with Crippen LogP contribution in [0.5, 0.6) is 5.75 Å². The highest BCUT2D eigenvalue weighted by molar-refractivity contribution is 7.91. The van der Waals surface area contributed by atoms with E-state index in [4.69, 9.17) is 0 Å². The number of carbonyl (C=O) groups is 2. The van der Waals surface area contributed by atoms with E-state index < -0.39 is 15.9 Å². The number of benzene rings is 1. The van der Waals surface area contributed by atoms with Gasteiger partial charge in [0.05, 0.1) is 17.5 Å². The van der Waals surface area contributed by atoms with Crippen LogP contribution in [0.2, 0.25) is 0 Å². The number of hydrazone groups is 1. The third-order valence-corrected chi connectivity index (χ3v) is 6.24. The van der Waals surface area contributed by atoms with Gasteiger partial charge in [0.15, 0.2) is 9.84 Å². The Morgan fingerprint density at radius 1 is 1.35 bits per heavy atom. The Kier molecular flexibility index (Phi) is 5.26. The molecule has 2 heterocycles. The van der Waals surface area contributed by atoms with Crippen molar-refractivity contribution in [1.29, 1.82) is 0 Å². The molecular weight excluding hydrogens is 358 g/mol. The molecule has 2 aliphatic rings. The lowest BCUT2D eigenvalue weighted by Crippen LogP contribution is -2.44. The fraction of sp³-hybridized carbons (Fsp3) is 0.471. The van der Waals surface area contributed by atoms with Gasteiger partial charge in [0.1, 0.15) is 11.5 Å². The zero-order valence-corrected chi connectivity index (χ0v) is 15.0. The van der Waals surface area contributed by atoms with E-state index in [1.165, 1.54) is 5.01 Å². The second-order valence-electron chi connectivity index (χ2n) is 6.52. The van der Waals surface area contributed by atoms with E-state index in [-0.39, 0.29) is 47.6 Å². The molecule has 0 spiro atoms. The average Bonchev–Trinajstić information content (AvgIpc) is 2.95. The first kappa shape index (κ1) is 18.4. The predicted molar refractivity (Wildman–Crippen MR) is 95.4 cm³/mol. The molecule has 0 aliphatic carbocycles. The molecule has 1 fully saturated rings. The van der Waals surface area contributed by atoms with E-state index in [1.54, 1.807) is 18.2 Å². The SMILES string of the molecule is O=C(NCCc1cccc(O)c1)C1=NN(C2CCS(=O)(=O)C2)C(=O)CC1. The molecule has 1 saturated heterocycles. The maximum absolute atomic E-state index is 12.3. The number of rotatable bonds is 5. The maximum atomic E-state index is 12.3. The minimum Gasteiger partial charge on any atom is -0.508 e. The van der Waals surface area contributed by atoms with Gasteiger partial charge < -0.3 is 10.4 Å². The lowest BCUT2D eigenvalue weighted by molar-refractivity contribution is -0.133. The monoisotopic (exact) mass is 379 g/mol. The third-order valence-electron chi connectivity index (χ3n) is 4.49. The van der Waals surface area contributed by atoms with E-state index in [1.807, 2.05) is 6.07 Å². The van der Waals surface area contributed by atoms with Gasteiger partial charge in [0, 0.05) is 19.4 Å². The number of carbonyl (C=O) groups excluding carboxylic acids is 2. The number of sulfone groups is 1. The second kappa shape index (κ2) is 7.45. The summed E-state index contributed by atoms with van der Waals surface area (Å²) in [7, 11) is -3.14. The molecule has 8 nitrogen and oxygen atoms in total. The molecule has 9 heteroatoms. The van der Waals surface area contributed by atoms with E-state index in [0.717, 1.165) is 5.56 Å². The minimum atomic E-state index is -3.14. The minimum absolute atomic E-state index is 0.0441. The van der Waals surface area contributed by atoms with Gasteiger partial charge in [-0.1, -0.05) is 12.1 Å². The standard InChI is InChI=1S/C17H21N3O5S/c21-14-3-1-2-12(10-14)6-8-18-17(23)15-4-5-16(22)20(19-15)13-7-9-26(24,25)11-13/h1-3,10,13,21H,4-9,11H2,(H,18,23). The van der Waals surface area contributed by atoms with Gasteiger partial charge in [0.25, 0.3) is 5.91 Å². The van der Waals surface area contributed by atoms with Crippen molar-refractivity contribution in [3.05, 3.63) is 29.8 Å². The van der Waals surface area contributed by atoms with Crippen LogP contribution in [0.15, 0.2) is 29.4 Å². The smallest absolute Gasteiger partial charge is 0.267 e. The molecule has 0 aromatic heterocycles. The molecule has 1 aromatic rings. The van der Waals surface area contributed by atoms with Crippen LogP contribution in [0.3, 0.4) is 0 Å². The number of nitrogens with one attached hydrogen (secondary N) is 1. The first-order valence-electron chi connectivity index (χ1n) is 8.50. The lowest BCUT2D eigenvalue weighted by Gasteiger charge is -2.27. The Hall–Kier alpha value is -2.42. The van der Waals surface area contributed by atoms with Crippen molar-refractivity contribution in [1.82, 2.24) is 10.3 Å². The average molecular weight is 379 g/mol. The van der Waals surface area contributed by atoms with Crippen molar-refractivity contribution in [2.45, 2.75) is 31.7 Å². The lowest BCUT2D eigenvalue weighted by atomic mass is 10.1. The number of hydrogen-bond acceptors (Lipinski definition) is 6. The van der Waals surface area contributed by atoms with Gasteiger partial charge in [-0.3, -0.25) is 9.59 Å². The Bertz CT molecular complexity index is 850. The summed E-state index contributed by atoms with van der Waals surface area (Å²) in [4.78, 5) is 24.4. The Morgan fingerprint density at radius 3 is 2.85 bits per heavy atom. The van der Waals surface area contributed by atoms with E-state index >= 15 is 0 Å². The molecule has 2 aliphatic heterocycles. The van der Waals surface area contributed by atoms with Gasteiger partial charge in [0.2, 0.25) is 5.91 Å². The molecular formula is C17H21N3O5S. The van der Waals surface area contributed by atoms with Crippen molar-refractivity contribution < 1.29 is 23.1 Å². The summed E-state index contributed by atoms with van der Waals surface area (Å²) >= 11 is 0. The van der Waals surface area contributed by atoms with Gasteiger partial charge >= 0.3 is 0 Å². The van der Waals surface area contributed by atoms with E-state index in [9.17, 15) is 23.1 Å². The molecule has 1 atom stereocenters. The first-order chi connectivity index (χ1) is 12.3. The van der Waals surface area contributed by atoms with Crippen molar-refractivity contribution in [2.24, 2.45) is 5.10 Å². The molecule has 0 saturated carbocycles. The van der Waals surface area contributed by atoms with Gasteiger partial charge in [-0.2, -0.15) is 5.10 Å². The number of phenols is 1. The van der Waals surface area contributed by atoms with Crippen LogP contribution in [0, 0.1) is 0 Å². The van der Waals surface area contributed by atoms with Crippen molar-refractivity contribution in [2.75, 3.05) is 18.1 Å². The van der Waals surface area contributed by atoms with Crippen LogP contribution >= 0.6 is 0 Å². The fourth-order valence-electron chi connectivity index (χ4n) is 3.12. The molecule has 3 rings (SSSR count). The van der Waals surface area contributed by atoms with Gasteiger partial charge in [-0.15, -0.1) is 0 Å². The molecule has 1 aromatic carbocycles. The second-order valence-corrected chi connectivity index (χ2v) is 8.75. The number of phenolic OH excluding ortho intramolecular Hbond substituents is 1. The van der Waals surface area contributed by atoms with Crippen LogP contribution in [0.25, 0.3) is 0 Å². The normalized spacial score (nSPS) is 22.2. The highest BCUT2D eigenvalue weighted by atomic mass is 32.2. The number of hydrogen-bond donors (Lipinski definition) is 2. The first-order valence-corrected chi connectivity index (χ1v) is 10.3. The largest absolute Gasteiger partial charge is 0.508 e. The summed E-state index contributed by atoms with van der Waals surface area (Å²) in [6, 6.07) is 6.31. The van der Waals surface area contributed by atoms with Gasteiger partial charge in [-0.05, 0) is 30.5 Å². The van der Waals surface area contributed by atoms with E-state index in [0.29, 0.717) is 19.4 Å². The predicted octanol–water partition coefficient (Wildman–Crippen LogP) is 0.216. The Morgan fingerprint density at radius 2 is 2.15 bits per heavy atom. The molecule has 26 heavy (non-hydrogen) atoms. The summed E-state index contributed by atoms with van der Waals surface area (Å²) < 4.78 is 23.2. The highest BCUT2D eigenvalue weighted by Crippen LogP contribution is 2.22. The van der Waals surface area contributed by atoms with Gasteiger partial charge in [-0.25, -0.2) is 13.4 Å². The van der Waals surface area contributed by atoms with Crippen LogP contribution in [-0.2, 0) is 25.8 Å². The van der Waals surface area contributed by atoms with Crippen LogP contribution in [0.4, 0.5) is 0 Å². The number of aromatic hydroxyl groups is 1. The van der Waals surface area contributed by atoms with Crippen LogP contribution < -0.4 is 5.32 Å². The highest BCUT2D eigenvalue weighted by Gasteiger charge is 2.37. The van der Waals surface area contributed by atoms with Crippen molar-refractivity contribution in [3.63, 3.8) is 0 Å². The zero-order valence-electron chi connectivity index (χ0n) is 14.2. The Balaban J connectivity index is 1.59. The topological polar surface area (TPSA) is 116 Å². The molecule has 0 bridgehead atoms. The Labute approximate surface area is 151 Å². The summed E-state index contributed by atoms with van der Waals surface area (Å²) in [6.07, 6.45) is 1.29. The fourth-order valence-corrected chi connectivity index (χ4v) is 4.81. The third kappa shape index (κ3) is 4.40. The molecule has 0 radical (unpaired) electrons. The zero-order chi connectivity index (χ0) is 18.7. The summed E-state index contributed by atoms with van der Waals surface area (Å²) in [5.41, 5.74) is 1.13. The summed E-state index contributed by atoms with van der Waals surface area (Å²) in [5.74, 6) is -0.491. The quantitative estimate of drug-likeness (QED) is 0.759. The van der Waals surface area contributed by atoms with Crippen LogP contribution in [0.1, 0.15) is 24.8 Å². The van der Waals surface area contributed by atoms with Crippen LogP contribution in [-0.4, -0.2) is 60.2 Å². The molecule has 2 amide bonds. The molecule has 2 N–H and O–H groups in total. The number of amides is 2. The van der Waals surface area contributed by atoms with Crippen molar-refractivity contribution >= 4 is 27.4 Å². The summed E-state index contributed by atoms with van der Waals surface area (Å²) in [6.45, 7) is 0.368. The maximum Gasteiger partial charge on any atom is 0.267 e.